The van der Waals surface area contributed by atoms with Crippen LogP contribution >= 0.6 is 0 Å². The smallest absolute Gasteiger partial charge is 0.246 e. The molecule has 2 aromatic carbocycles. The van der Waals surface area contributed by atoms with E-state index < -0.39 is 29.5 Å². The normalized spacial score (nSPS) is 11.8. The number of hydrogen-bond donors (Lipinski definition) is 2. The second-order valence-corrected chi connectivity index (χ2v) is 5.71. The average molecular weight is 390 g/mol. The summed E-state index contributed by atoms with van der Waals surface area (Å²) in [6, 6.07) is 6.88. The average Bonchev–Trinajstić information content (AvgIpc) is 2.71. The summed E-state index contributed by atoms with van der Waals surface area (Å²) >= 11 is 0. The van der Waals surface area contributed by atoms with Crippen LogP contribution in [0.1, 0.15) is 17.2 Å². The van der Waals surface area contributed by atoms with Gasteiger partial charge in [0.25, 0.3) is 0 Å². The molecular weight excluding hydrogens is 370 g/mol. The van der Waals surface area contributed by atoms with E-state index in [0.717, 1.165) is 12.1 Å². The van der Waals surface area contributed by atoms with Crippen molar-refractivity contribution in [3.63, 3.8) is 0 Å². The Morgan fingerprint density at radius 1 is 1.00 bits per heavy atom. The molecule has 0 radical (unpaired) electrons. The molecule has 2 rings (SSSR count). The maximum absolute atomic E-state index is 13.5. The predicted molar refractivity (Wildman–Crippen MR) is 99.9 cm³/mol. The van der Waals surface area contributed by atoms with Crippen LogP contribution in [-0.4, -0.2) is 33.1 Å². The predicted octanol–water partition coefficient (Wildman–Crippen LogP) is 2.60. The number of rotatable bonds is 7. The third kappa shape index (κ3) is 5.29. The van der Waals surface area contributed by atoms with Crippen LogP contribution in [0.25, 0.3) is 6.08 Å². The molecule has 28 heavy (non-hydrogen) atoms. The van der Waals surface area contributed by atoms with Crippen molar-refractivity contribution in [2.75, 3.05) is 21.3 Å². The van der Waals surface area contributed by atoms with Crippen LogP contribution in [-0.2, 0) is 9.59 Å². The van der Waals surface area contributed by atoms with Crippen molar-refractivity contribution in [1.82, 2.24) is 10.6 Å². The summed E-state index contributed by atoms with van der Waals surface area (Å²) < 4.78 is 37.0. The van der Waals surface area contributed by atoms with E-state index in [-0.39, 0.29) is 5.56 Å². The summed E-state index contributed by atoms with van der Waals surface area (Å²) in [5.74, 6) is -2.23. The van der Waals surface area contributed by atoms with Crippen LogP contribution in [0.15, 0.2) is 42.5 Å². The van der Waals surface area contributed by atoms with Gasteiger partial charge in [-0.05, 0) is 41.5 Å². The number of ether oxygens (including phenoxy) is 2. The second-order valence-electron chi connectivity index (χ2n) is 5.71. The number of hydrogen-bond acceptors (Lipinski definition) is 4. The Hall–Kier alpha value is -3.42. The number of carbonyl (C=O) groups excluding carboxylic acids is 2. The van der Waals surface area contributed by atoms with Crippen LogP contribution < -0.4 is 20.1 Å². The van der Waals surface area contributed by atoms with E-state index in [1.807, 2.05) is 0 Å². The molecule has 0 aliphatic carbocycles. The highest BCUT2D eigenvalue weighted by Gasteiger charge is 2.22. The van der Waals surface area contributed by atoms with Crippen LogP contribution in [0.5, 0.6) is 11.5 Å². The molecule has 1 atom stereocenters. The Balaban J connectivity index is 2.21. The minimum absolute atomic E-state index is 0.114. The molecule has 148 valence electrons. The number of halogens is 2. The lowest BCUT2D eigenvalue weighted by molar-refractivity contribution is -0.126. The molecule has 0 spiro atoms. The lowest BCUT2D eigenvalue weighted by Gasteiger charge is -2.17. The molecule has 6 nitrogen and oxygen atoms in total. The van der Waals surface area contributed by atoms with Gasteiger partial charge in [-0.2, -0.15) is 0 Å². The summed E-state index contributed by atoms with van der Waals surface area (Å²) in [6.45, 7) is 0. The lowest BCUT2D eigenvalue weighted by atomic mass is 10.1. The van der Waals surface area contributed by atoms with E-state index in [1.165, 1.54) is 39.5 Å². The molecule has 0 heterocycles. The fraction of sp³-hybridized carbons (Fsp3) is 0.200. The van der Waals surface area contributed by atoms with Crippen molar-refractivity contribution in [1.29, 1.82) is 0 Å². The van der Waals surface area contributed by atoms with E-state index >= 15 is 0 Å². The number of nitrogens with one attached hydrogen (secondary N) is 2. The van der Waals surface area contributed by atoms with Crippen LogP contribution in [0.4, 0.5) is 8.78 Å². The lowest BCUT2D eigenvalue weighted by Crippen LogP contribution is -2.38. The van der Waals surface area contributed by atoms with Gasteiger partial charge in [-0.1, -0.05) is 6.07 Å². The summed E-state index contributed by atoms with van der Waals surface area (Å²) in [4.78, 5) is 24.4. The Kier molecular flexibility index (Phi) is 7.08. The van der Waals surface area contributed by atoms with Gasteiger partial charge in [0.15, 0.2) is 11.6 Å². The van der Waals surface area contributed by atoms with E-state index in [2.05, 4.69) is 10.6 Å². The van der Waals surface area contributed by atoms with Crippen molar-refractivity contribution in [3.05, 3.63) is 65.2 Å². The van der Waals surface area contributed by atoms with Crippen LogP contribution in [0.3, 0.4) is 0 Å². The first kappa shape index (κ1) is 20.9. The zero-order valence-corrected chi connectivity index (χ0v) is 15.6. The van der Waals surface area contributed by atoms with Crippen LogP contribution in [0.2, 0.25) is 0 Å². The first-order chi connectivity index (χ1) is 13.4. The van der Waals surface area contributed by atoms with Gasteiger partial charge < -0.3 is 20.1 Å². The van der Waals surface area contributed by atoms with Gasteiger partial charge in [0, 0.05) is 19.2 Å². The van der Waals surface area contributed by atoms with Gasteiger partial charge in [0.05, 0.1) is 14.2 Å². The molecule has 2 N–H and O–H groups in total. The highest BCUT2D eigenvalue weighted by atomic mass is 19.2. The Labute approximate surface area is 161 Å². The molecule has 0 bridgehead atoms. The van der Waals surface area contributed by atoms with Crippen LogP contribution in [0, 0.1) is 11.6 Å². The third-order valence-electron chi connectivity index (χ3n) is 3.87. The van der Waals surface area contributed by atoms with Gasteiger partial charge in [0.2, 0.25) is 11.8 Å². The molecule has 0 saturated carbocycles. The van der Waals surface area contributed by atoms with Gasteiger partial charge in [-0.25, -0.2) is 8.78 Å². The Bertz CT molecular complexity index is 878. The first-order valence-electron chi connectivity index (χ1n) is 8.26. The molecule has 2 aromatic rings. The van der Waals surface area contributed by atoms with Gasteiger partial charge in [-0.15, -0.1) is 0 Å². The minimum atomic E-state index is -1.18. The van der Waals surface area contributed by atoms with Crippen molar-refractivity contribution in [3.8, 4) is 11.5 Å². The summed E-state index contributed by atoms with van der Waals surface area (Å²) in [7, 11) is 4.38. The zero-order chi connectivity index (χ0) is 20.7. The van der Waals surface area contributed by atoms with Crippen molar-refractivity contribution in [2.45, 2.75) is 6.04 Å². The molecule has 0 aromatic heterocycles. The highest BCUT2D eigenvalue weighted by Crippen LogP contribution is 2.23. The number of likely N-dealkylation sites (N-methyl/N-ethyl adjacent to an activating group) is 1. The first-order valence-corrected chi connectivity index (χ1v) is 8.26. The minimum Gasteiger partial charge on any atom is -0.497 e. The van der Waals surface area contributed by atoms with Crippen molar-refractivity contribution < 1.29 is 27.8 Å². The zero-order valence-electron chi connectivity index (χ0n) is 15.6. The summed E-state index contributed by atoms with van der Waals surface area (Å²) in [6.07, 6.45) is 2.72. The Morgan fingerprint density at radius 2 is 1.64 bits per heavy atom. The molecular formula is C20H20F2N2O4. The summed E-state index contributed by atoms with van der Waals surface area (Å²) in [5, 5.41) is 4.85. The molecule has 0 aliphatic heterocycles. The third-order valence-corrected chi connectivity index (χ3v) is 3.87. The standard InChI is InChI=1S/C20H20F2N2O4/c1-23-20(26)19(13-5-6-16(21)17(22)10-13)24-18(25)7-4-12-8-14(27-2)11-15(9-12)28-3/h4-11,19H,1-3H3,(H,23,26)(H,24,25). The second kappa shape index (κ2) is 9.50. The quantitative estimate of drug-likeness (QED) is 0.713. The van der Waals surface area contributed by atoms with E-state index in [9.17, 15) is 18.4 Å². The monoisotopic (exact) mass is 390 g/mol. The number of benzene rings is 2. The molecule has 1 unspecified atom stereocenters. The fourth-order valence-electron chi connectivity index (χ4n) is 2.42. The molecule has 8 heteroatoms. The largest absolute Gasteiger partial charge is 0.497 e. The Morgan fingerprint density at radius 3 is 2.18 bits per heavy atom. The van der Waals surface area contributed by atoms with Gasteiger partial charge >= 0.3 is 0 Å². The maximum atomic E-state index is 13.5. The van der Waals surface area contributed by atoms with Crippen molar-refractivity contribution in [2.24, 2.45) is 0 Å². The molecule has 2 amide bonds. The number of carbonyl (C=O) groups is 2. The summed E-state index contributed by atoms with van der Waals surface area (Å²) in [5.41, 5.74) is 0.749. The highest BCUT2D eigenvalue weighted by molar-refractivity contribution is 5.96. The number of amides is 2. The molecule has 0 fully saturated rings. The van der Waals surface area contributed by atoms with E-state index in [1.54, 1.807) is 18.2 Å². The molecule has 0 saturated heterocycles. The fourth-order valence-corrected chi connectivity index (χ4v) is 2.42. The SMILES string of the molecule is CNC(=O)C(NC(=O)C=Cc1cc(OC)cc(OC)c1)c1ccc(F)c(F)c1. The topological polar surface area (TPSA) is 76.7 Å². The van der Waals surface area contributed by atoms with Gasteiger partial charge in [0.1, 0.15) is 17.5 Å². The van der Waals surface area contributed by atoms with E-state index in [0.29, 0.717) is 17.1 Å². The molecule has 0 aliphatic rings. The maximum Gasteiger partial charge on any atom is 0.246 e. The van der Waals surface area contributed by atoms with E-state index in [4.69, 9.17) is 9.47 Å². The van der Waals surface area contributed by atoms with Gasteiger partial charge in [-0.3, -0.25) is 9.59 Å². The number of methoxy groups -OCH3 is 2. The van der Waals surface area contributed by atoms with Crippen molar-refractivity contribution >= 4 is 17.9 Å².